The fraction of sp³-hybridized carbons (Fsp3) is 0.500. The molecule has 82 valence electrons. The Morgan fingerprint density at radius 1 is 1.20 bits per heavy atom. The van der Waals surface area contributed by atoms with Gasteiger partial charge in [0, 0.05) is 11.9 Å². The highest BCUT2D eigenvalue weighted by Gasteiger charge is 1.94. The first-order valence-corrected chi connectivity index (χ1v) is 5.38. The zero-order valence-corrected chi connectivity index (χ0v) is 8.89. The van der Waals surface area contributed by atoms with Gasteiger partial charge in [-0.15, -0.1) is 0 Å². The predicted octanol–water partition coefficient (Wildman–Crippen LogP) is 2.36. The molecule has 0 aliphatic carbocycles. The average Bonchev–Trinajstić information content (AvgIpc) is 2.29. The maximum Gasteiger partial charge on any atom is 0.293 e. The second-order valence-electron chi connectivity index (χ2n) is 3.45. The summed E-state index contributed by atoms with van der Waals surface area (Å²) in [7, 11) is 0. The first-order chi connectivity index (χ1) is 7.43. The summed E-state index contributed by atoms with van der Waals surface area (Å²) in [5.74, 6) is 0. The van der Waals surface area contributed by atoms with Crippen LogP contribution in [0.1, 0.15) is 31.4 Å². The van der Waals surface area contributed by atoms with Gasteiger partial charge in [-0.25, -0.2) is 0 Å². The van der Waals surface area contributed by atoms with E-state index in [1.807, 2.05) is 18.3 Å². The van der Waals surface area contributed by atoms with E-state index in [-0.39, 0.29) is 0 Å². The number of aromatic nitrogens is 1. The van der Waals surface area contributed by atoms with Crippen molar-refractivity contribution in [3.05, 3.63) is 30.1 Å². The molecule has 0 atom stereocenters. The Kier molecular flexibility index (Phi) is 6.21. The van der Waals surface area contributed by atoms with E-state index in [0.717, 1.165) is 31.4 Å². The molecule has 0 unspecified atom stereocenters. The highest BCUT2D eigenvalue weighted by atomic mass is 16.5. The highest BCUT2D eigenvalue weighted by Crippen LogP contribution is 2.05. The maximum atomic E-state index is 9.85. The van der Waals surface area contributed by atoms with Crippen molar-refractivity contribution in [2.75, 3.05) is 6.61 Å². The molecule has 3 heteroatoms. The molecule has 1 aromatic rings. The Morgan fingerprint density at radius 3 is 2.80 bits per heavy atom. The van der Waals surface area contributed by atoms with Crippen LogP contribution in [0.4, 0.5) is 0 Å². The van der Waals surface area contributed by atoms with Gasteiger partial charge in [-0.05, 0) is 31.4 Å². The van der Waals surface area contributed by atoms with E-state index in [4.69, 9.17) is 0 Å². The van der Waals surface area contributed by atoms with Gasteiger partial charge in [0.05, 0.1) is 6.61 Å². The van der Waals surface area contributed by atoms with Crippen molar-refractivity contribution in [2.45, 2.75) is 32.1 Å². The van der Waals surface area contributed by atoms with Gasteiger partial charge in [-0.2, -0.15) is 0 Å². The Hall–Kier alpha value is -1.38. The number of carbonyl (C=O) groups is 1. The Morgan fingerprint density at radius 2 is 2.07 bits per heavy atom. The predicted molar refractivity (Wildman–Crippen MR) is 58.4 cm³/mol. The molecule has 1 rings (SSSR count). The van der Waals surface area contributed by atoms with E-state index in [1.54, 1.807) is 0 Å². The topological polar surface area (TPSA) is 39.2 Å². The molecule has 0 saturated heterocycles. The number of hydrogen-bond donors (Lipinski definition) is 0. The Labute approximate surface area is 90.5 Å². The molecule has 0 aromatic carbocycles. The van der Waals surface area contributed by atoms with Gasteiger partial charge in [0.25, 0.3) is 6.47 Å². The number of rotatable bonds is 8. The SMILES string of the molecule is O=COCCCCCCc1ccccn1. The molecule has 0 bridgehead atoms. The Balaban J connectivity index is 1.95. The molecule has 0 aliphatic rings. The summed E-state index contributed by atoms with van der Waals surface area (Å²) in [6.45, 7) is 1.06. The summed E-state index contributed by atoms with van der Waals surface area (Å²) in [5, 5.41) is 0. The van der Waals surface area contributed by atoms with Crippen LogP contribution in [-0.2, 0) is 16.0 Å². The maximum absolute atomic E-state index is 9.85. The molecule has 15 heavy (non-hydrogen) atoms. The third kappa shape index (κ3) is 5.83. The van der Waals surface area contributed by atoms with Gasteiger partial charge < -0.3 is 4.74 Å². The van der Waals surface area contributed by atoms with Crippen molar-refractivity contribution < 1.29 is 9.53 Å². The molecule has 3 nitrogen and oxygen atoms in total. The van der Waals surface area contributed by atoms with Gasteiger partial charge >= 0.3 is 0 Å². The molecular formula is C12H17NO2. The summed E-state index contributed by atoms with van der Waals surface area (Å²) >= 11 is 0. The molecule has 0 fully saturated rings. The fourth-order valence-electron chi connectivity index (χ4n) is 1.44. The second-order valence-corrected chi connectivity index (χ2v) is 3.45. The van der Waals surface area contributed by atoms with Gasteiger partial charge in [0.15, 0.2) is 0 Å². The van der Waals surface area contributed by atoms with Crippen LogP contribution in [0.15, 0.2) is 24.4 Å². The van der Waals surface area contributed by atoms with Crippen molar-refractivity contribution in [1.82, 2.24) is 4.98 Å². The van der Waals surface area contributed by atoms with Gasteiger partial charge in [-0.1, -0.05) is 18.9 Å². The molecule has 0 aliphatic heterocycles. The van der Waals surface area contributed by atoms with Gasteiger partial charge in [-0.3, -0.25) is 9.78 Å². The van der Waals surface area contributed by atoms with Crippen LogP contribution >= 0.6 is 0 Å². The smallest absolute Gasteiger partial charge is 0.293 e. The van der Waals surface area contributed by atoms with Crippen molar-refractivity contribution in [1.29, 1.82) is 0 Å². The van der Waals surface area contributed by atoms with Crippen molar-refractivity contribution in [3.8, 4) is 0 Å². The average molecular weight is 207 g/mol. The van der Waals surface area contributed by atoms with Crippen LogP contribution in [0.5, 0.6) is 0 Å². The number of pyridine rings is 1. The second kappa shape index (κ2) is 7.97. The summed E-state index contributed by atoms with van der Waals surface area (Å²) < 4.78 is 4.61. The third-order valence-electron chi connectivity index (χ3n) is 2.24. The van der Waals surface area contributed by atoms with E-state index >= 15 is 0 Å². The molecule has 0 amide bonds. The first kappa shape index (κ1) is 11.7. The molecular weight excluding hydrogens is 190 g/mol. The lowest BCUT2D eigenvalue weighted by Crippen LogP contribution is -1.93. The zero-order chi connectivity index (χ0) is 10.8. The lowest BCUT2D eigenvalue weighted by molar-refractivity contribution is -0.128. The number of carbonyl (C=O) groups excluding carboxylic acids is 1. The van der Waals surface area contributed by atoms with Crippen molar-refractivity contribution in [2.24, 2.45) is 0 Å². The lowest BCUT2D eigenvalue weighted by Gasteiger charge is -2.00. The third-order valence-corrected chi connectivity index (χ3v) is 2.24. The Bertz CT molecular complexity index is 262. The van der Waals surface area contributed by atoms with Crippen LogP contribution in [0, 0.1) is 0 Å². The standard InChI is InChI=1S/C12H17NO2/c14-11-15-10-6-2-1-3-7-12-8-4-5-9-13-12/h4-5,8-9,11H,1-3,6-7,10H2. The first-order valence-electron chi connectivity index (χ1n) is 5.38. The largest absolute Gasteiger partial charge is 0.468 e. The minimum atomic E-state index is 0.508. The summed E-state index contributed by atoms with van der Waals surface area (Å²) in [6, 6.07) is 6.00. The number of ether oxygens (including phenoxy) is 1. The highest BCUT2D eigenvalue weighted by molar-refractivity contribution is 5.36. The number of aryl methyl sites for hydroxylation is 1. The van der Waals surface area contributed by atoms with Crippen LogP contribution in [0.3, 0.4) is 0 Å². The van der Waals surface area contributed by atoms with E-state index < -0.39 is 0 Å². The molecule has 1 heterocycles. The van der Waals surface area contributed by atoms with Crippen LogP contribution in [-0.4, -0.2) is 18.1 Å². The van der Waals surface area contributed by atoms with Gasteiger partial charge in [0.1, 0.15) is 0 Å². The van der Waals surface area contributed by atoms with Crippen LogP contribution in [0.2, 0.25) is 0 Å². The van der Waals surface area contributed by atoms with E-state index in [9.17, 15) is 4.79 Å². The number of nitrogens with zero attached hydrogens (tertiary/aromatic N) is 1. The van der Waals surface area contributed by atoms with Crippen molar-refractivity contribution in [3.63, 3.8) is 0 Å². The quantitative estimate of drug-likeness (QED) is 0.485. The summed E-state index contributed by atoms with van der Waals surface area (Å²) in [4.78, 5) is 14.1. The van der Waals surface area contributed by atoms with Crippen molar-refractivity contribution >= 4 is 6.47 Å². The normalized spacial score (nSPS) is 9.87. The fourth-order valence-corrected chi connectivity index (χ4v) is 1.44. The van der Waals surface area contributed by atoms with Crippen LogP contribution in [0.25, 0.3) is 0 Å². The minimum Gasteiger partial charge on any atom is -0.468 e. The number of unbranched alkanes of at least 4 members (excludes halogenated alkanes) is 3. The molecule has 0 saturated carbocycles. The summed E-state index contributed by atoms with van der Waals surface area (Å²) in [5.41, 5.74) is 1.15. The van der Waals surface area contributed by atoms with E-state index in [0.29, 0.717) is 13.1 Å². The lowest BCUT2D eigenvalue weighted by atomic mass is 10.1. The van der Waals surface area contributed by atoms with Crippen LogP contribution < -0.4 is 0 Å². The van der Waals surface area contributed by atoms with E-state index in [2.05, 4.69) is 15.8 Å². The van der Waals surface area contributed by atoms with E-state index in [1.165, 1.54) is 6.42 Å². The van der Waals surface area contributed by atoms with Gasteiger partial charge in [0.2, 0.25) is 0 Å². The number of hydrogen-bond acceptors (Lipinski definition) is 3. The molecule has 1 aromatic heterocycles. The molecule has 0 N–H and O–H groups in total. The minimum absolute atomic E-state index is 0.508. The summed E-state index contributed by atoms with van der Waals surface area (Å²) in [6.07, 6.45) is 7.25. The zero-order valence-electron chi connectivity index (χ0n) is 8.89. The molecule has 0 radical (unpaired) electrons. The molecule has 0 spiro atoms. The monoisotopic (exact) mass is 207 g/mol.